The summed E-state index contributed by atoms with van der Waals surface area (Å²) in [6.07, 6.45) is 1.59. The summed E-state index contributed by atoms with van der Waals surface area (Å²) in [5.74, 6) is 0.0627. The molecule has 3 nitrogen and oxygen atoms in total. The fourth-order valence-electron chi connectivity index (χ4n) is 2.29. The molecule has 0 amide bonds. The van der Waals surface area contributed by atoms with E-state index in [1.54, 1.807) is 42.6 Å². The van der Waals surface area contributed by atoms with Crippen molar-refractivity contribution in [1.29, 1.82) is 0 Å². The molecule has 0 aliphatic rings. The summed E-state index contributed by atoms with van der Waals surface area (Å²) >= 11 is 0. The molecule has 0 aliphatic carbocycles. The van der Waals surface area contributed by atoms with E-state index in [0.717, 1.165) is 5.39 Å². The second-order valence-corrected chi connectivity index (χ2v) is 4.43. The molecule has 1 heterocycles. The van der Waals surface area contributed by atoms with Crippen LogP contribution in [0.3, 0.4) is 0 Å². The molecule has 1 N–H and O–H groups in total. The summed E-state index contributed by atoms with van der Waals surface area (Å²) in [4.78, 5) is 14.4. The molecule has 100 valence electrons. The van der Waals surface area contributed by atoms with Gasteiger partial charge in [0.15, 0.2) is 0 Å². The van der Waals surface area contributed by atoms with Gasteiger partial charge in [-0.3, -0.25) is 4.79 Å². The number of ether oxygens (including phenoxy) is 1. The van der Waals surface area contributed by atoms with E-state index in [1.807, 2.05) is 0 Å². The van der Waals surface area contributed by atoms with Crippen LogP contribution in [-0.2, 0) is 0 Å². The maximum atomic E-state index is 14.1. The van der Waals surface area contributed by atoms with Gasteiger partial charge in [0, 0.05) is 11.6 Å². The molecule has 0 atom stereocenters. The Bertz CT molecular complexity index is 839. The van der Waals surface area contributed by atoms with E-state index in [0.29, 0.717) is 22.3 Å². The molecular formula is C16H12FNO2. The lowest BCUT2D eigenvalue weighted by molar-refractivity contribution is 0.413. The van der Waals surface area contributed by atoms with Crippen molar-refractivity contribution >= 4 is 10.8 Å². The third-order valence-electron chi connectivity index (χ3n) is 3.26. The molecule has 3 aromatic rings. The predicted octanol–water partition coefficient (Wildman–Crippen LogP) is 3.34. The number of aromatic nitrogens is 1. The Morgan fingerprint density at radius 3 is 2.80 bits per heavy atom. The van der Waals surface area contributed by atoms with Gasteiger partial charge in [0.25, 0.3) is 5.56 Å². The number of hydrogen-bond acceptors (Lipinski definition) is 2. The highest BCUT2D eigenvalue weighted by atomic mass is 19.1. The molecule has 0 bridgehead atoms. The number of aromatic amines is 1. The van der Waals surface area contributed by atoms with Gasteiger partial charge in [0.2, 0.25) is 0 Å². The van der Waals surface area contributed by atoms with Crippen molar-refractivity contribution in [2.45, 2.75) is 0 Å². The van der Waals surface area contributed by atoms with Gasteiger partial charge in [-0.25, -0.2) is 4.39 Å². The van der Waals surface area contributed by atoms with Crippen molar-refractivity contribution in [2.24, 2.45) is 0 Å². The smallest absolute Gasteiger partial charge is 0.255 e. The number of fused-ring (bicyclic) bond motifs is 1. The van der Waals surface area contributed by atoms with Crippen molar-refractivity contribution < 1.29 is 9.13 Å². The van der Waals surface area contributed by atoms with E-state index in [2.05, 4.69) is 4.98 Å². The molecule has 0 aliphatic heterocycles. The molecule has 3 rings (SSSR count). The van der Waals surface area contributed by atoms with Crippen molar-refractivity contribution in [3.63, 3.8) is 0 Å². The van der Waals surface area contributed by atoms with Crippen LogP contribution >= 0.6 is 0 Å². The Morgan fingerprint density at radius 2 is 2.00 bits per heavy atom. The SMILES string of the molecule is COc1cccc(F)c1-c1ccc2cc[nH]c(=O)c2c1. The number of pyridine rings is 1. The van der Waals surface area contributed by atoms with Gasteiger partial charge in [0.1, 0.15) is 11.6 Å². The zero-order valence-electron chi connectivity index (χ0n) is 10.8. The second kappa shape index (κ2) is 4.81. The van der Waals surface area contributed by atoms with Crippen molar-refractivity contribution in [3.05, 3.63) is 64.8 Å². The van der Waals surface area contributed by atoms with Crippen molar-refractivity contribution in [2.75, 3.05) is 7.11 Å². The normalized spacial score (nSPS) is 10.7. The first kappa shape index (κ1) is 12.4. The molecule has 20 heavy (non-hydrogen) atoms. The van der Waals surface area contributed by atoms with Crippen molar-refractivity contribution in [1.82, 2.24) is 4.98 Å². The Labute approximate surface area is 114 Å². The lowest BCUT2D eigenvalue weighted by Crippen LogP contribution is -2.04. The first-order valence-electron chi connectivity index (χ1n) is 6.15. The van der Waals surface area contributed by atoms with Crippen LogP contribution in [0.25, 0.3) is 21.9 Å². The summed E-state index contributed by atoms with van der Waals surface area (Å²) < 4.78 is 19.3. The van der Waals surface area contributed by atoms with E-state index in [4.69, 9.17) is 4.74 Å². The highest BCUT2D eigenvalue weighted by Gasteiger charge is 2.12. The summed E-state index contributed by atoms with van der Waals surface area (Å²) in [7, 11) is 1.49. The van der Waals surface area contributed by atoms with Gasteiger partial charge >= 0.3 is 0 Å². The number of nitrogens with one attached hydrogen (secondary N) is 1. The van der Waals surface area contributed by atoms with Gasteiger partial charge in [-0.1, -0.05) is 18.2 Å². The van der Waals surface area contributed by atoms with Gasteiger partial charge in [0.05, 0.1) is 12.7 Å². The third-order valence-corrected chi connectivity index (χ3v) is 3.26. The maximum Gasteiger partial charge on any atom is 0.255 e. The minimum atomic E-state index is -0.379. The molecular weight excluding hydrogens is 257 g/mol. The third kappa shape index (κ3) is 1.95. The highest BCUT2D eigenvalue weighted by molar-refractivity contribution is 5.87. The van der Waals surface area contributed by atoms with Gasteiger partial charge in [-0.05, 0) is 35.2 Å². The van der Waals surface area contributed by atoms with E-state index in [9.17, 15) is 9.18 Å². The second-order valence-electron chi connectivity index (χ2n) is 4.43. The van der Waals surface area contributed by atoms with Gasteiger partial charge in [-0.2, -0.15) is 0 Å². The van der Waals surface area contributed by atoms with Crippen LogP contribution < -0.4 is 10.3 Å². The Kier molecular flexibility index (Phi) is 2.99. The fourth-order valence-corrected chi connectivity index (χ4v) is 2.29. The van der Waals surface area contributed by atoms with E-state index in [-0.39, 0.29) is 11.4 Å². The predicted molar refractivity (Wildman–Crippen MR) is 76.5 cm³/mol. The topological polar surface area (TPSA) is 42.1 Å². The lowest BCUT2D eigenvalue weighted by atomic mass is 10.0. The maximum absolute atomic E-state index is 14.1. The van der Waals surface area contributed by atoms with E-state index >= 15 is 0 Å². The van der Waals surface area contributed by atoms with Crippen LogP contribution in [-0.4, -0.2) is 12.1 Å². The van der Waals surface area contributed by atoms with Gasteiger partial charge < -0.3 is 9.72 Å². The molecule has 0 spiro atoms. The minimum Gasteiger partial charge on any atom is -0.496 e. The monoisotopic (exact) mass is 269 g/mol. The first-order valence-corrected chi connectivity index (χ1v) is 6.15. The standard InChI is InChI=1S/C16H12FNO2/c1-20-14-4-2-3-13(17)15(14)11-6-5-10-7-8-18-16(19)12(10)9-11/h2-9H,1H3,(H,18,19). The first-order chi connectivity index (χ1) is 9.70. The molecule has 1 aromatic heterocycles. The summed E-state index contributed by atoms with van der Waals surface area (Å²) in [5, 5.41) is 1.34. The number of halogens is 1. The molecule has 0 saturated carbocycles. The molecule has 2 aromatic carbocycles. The number of rotatable bonds is 2. The number of benzene rings is 2. The average Bonchev–Trinajstić information content (AvgIpc) is 2.47. The van der Waals surface area contributed by atoms with Crippen molar-refractivity contribution in [3.8, 4) is 16.9 Å². The molecule has 0 fully saturated rings. The highest BCUT2D eigenvalue weighted by Crippen LogP contribution is 2.33. The van der Waals surface area contributed by atoms with Crippen LogP contribution in [0, 0.1) is 5.82 Å². The number of hydrogen-bond donors (Lipinski definition) is 1. The van der Waals surface area contributed by atoms with Crippen LogP contribution in [0.1, 0.15) is 0 Å². The van der Waals surface area contributed by atoms with E-state index < -0.39 is 0 Å². The molecule has 0 radical (unpaired) electrons. The molecule has 0 unspecified atom stereocenters. The summed E-state index contributed by atoms with van der Waals surface area (Å²) in [6, 6.07) is 11.7. The Balaban J connectivity index is 2.31. The summed E-state index contributed by atoms with van der Waals surface area (Å²) in [5.41, 5.74) is 0.781. The Morgan fingerprint density at radius 1 is 1.15 bits per heavy atom. The summed E-state index contributed by atoms with van der Waals surface area (Å²) in [6.45, 7) is 0. The average molecular weight is 269 g/mol. The van der Waals surface area contributed by atoms with Gasteiger partial charge in [-0.15, -0.1) is 0 Å². The number of methoxy groups -OCH3 is 1. The molecule has 0 saturated heterocycles. The van der Waals surface area contributed by atoms with Crippen LogP contribution in [0.5, 0.6) is 5.75 Å². The Hall–Kier alpha value is -2.62. The van der Waals surface area contributed by atoms with Crippen LogP contribution in [0.4, 0.5) is 4.39 Å². The van der Waals surface area contributed by atoms with Crippen LogP contribution in [0.2, 0.25) is 0 Å². The fraction of sp³-hybridized carbons (Fsp3) is 0.0625. The lowest BCUT2D eigenvalue weighted by Gasteiger charge is -2.10. The quantitative estimate of drug-likeness (QED) is 0.775. The van der Waals surface area contributed by atoms with E-state index in [1.165, 1.54) is 13.2 Å². The zero-order valence-corrected chi connectivity index (χ0v) is 10.8. The number of H-pyrrole nitrogens is 1. The zero-order chi connectivity index (χ0) is 14.1. The molecule has 4 heteroatoms. The van der Waals surface area contributed by atoms with Crippen LogP contribution in [0.15, 0.2) is 53.5 Å². The largest absolute Gasteiger partial charge is 0.496 e. The minimum absolute atomic E-state index is 0.195.